The van der Waals surface area contributed by atoms with Crippen molar-refractivity contribution in [2.24, 2.45) is 11.8 Å². The average Bonchev–Trinajstić information content (AvgIpc) is 2.41. The van der Waals surface area contributed by atoms with Crippen molar-refractivity contribution in [3.8, 4) is 0 Å². The minimum absolute atomic E-state index is 0.970. The standard InChI is InChI=1S/C13H27N/c1-3-8-12-9-6-5-7-10-13(12)11-14-4-2/h12-14H,3-11H2,1-2H3. The van der Waals surface area contributed by atoms with E-state index < -0.39 is 0 Å². The molecule has 84 valence electrons. The Labute approximate surface area is 89.7 Å². The lowest BCUT2D eigenvalue weighted by molar-refractivity contribution is 0.283. The van der Waals surface area contributed by atoms with Gasteiger partial charge in [-0.05, 0) is 31.3 Å². The van der Waals surface area contributed by atoms with E-state index >= 15 is 0 Å². The number of nitrogens with one attached hydrogen (secondary N) is 1. The van der Waals surface area contributed by atoms with Gasteiger partial charge >= 0.3 is 0 Å². The fraction of sp³-hybridized carbons (Fsp3) is 1.00. The Balaban J connectivity index is 2.37. The molecule has 0 aromatic carbocycles. The third-order valence-corrected chi connectivity index (χ3v) is 3.63. The molecule has 0 spiro atoms. The van der Waals surface area contributed by atoms with Crippen LogP contribution in [0.2, 0.25) is 0 Å². The maximum Gasteiger partial charge on any atom is -0.00180 e. The Kier molecular flexibility index (Phi) is 6.25. The molecule has 0 radical (unpaired) electrons. The molecular formula is C13H27N. The van der Waals surface area contributed by atoms with E-state index in [2.05, 4.69) is 19.2 Å². The molecule has 14 heavy (non-hydrogen) atoms. The Morgan fingerprint density at radius 2 is 1.71 bits per heavy atom. The fourth-order valence-electron chi connectivity index (χ4n) is 2.81. The molecule has 0 bridgehead atoms. The summed E-state index contributed by atoms with van der Waals surface area (Å²) < 4.78 is 0. The van der Waals surface area contributed by atoms with Crippen molar-refractivity contribution in [2.45, 2.75) is 58.8 Å². The first-order valence-corrected chi connectivity index (χ1v) is 6.59. The molecule has 0 amide bonds. The summed E-state index contributed by atoms with van der Waals surface area (Å²) in [7, 11) is 0. The third kappa shape index (κ3) is 4.00. The number of hydrogen-bond acceptors (Lipinski definition) is 1. The highest BCUT2D eigenvalue weighted by Crippen LogP contribution is 2.31. The Hall–Kier alpha value is -0.0400. The van der Waals surface area contributed by atoms with Crippen LogP contribution in [-0.2, 0) is 0 Å². The Bertz CT molecular complexity index is 133. The van der Waals surface area contributed by atoms with Gasteiger partial charge in [0.1, 0.15) is 0 Å². The predicted molar refractivity (Wildman–Crippen MR) is 63.5 cm³/mol. The van der Waals surface area contributed by atoms with Crippen LogP contribution in [0.4, 0.5) is 0 Å². The molecule has 0 aromatic rings. The maximum absolute atomic E-state index is 3.53. The summed E-state index contributed by atoms with van der Waals surface area (Å²) in [6.45, 7) is 6.94. The molecule has 1 N–H and O–H groups in total. The van der Waals surface area contributed by atoms with E-state index in [1.807, 2.05) is 0 Å². The smallest absolute Gasteiger partial charge is 0.00180 e. The number of hydrogen-bond donors (Lipinski definition) is 1. The normalized spacial score (nSPS) is 28.7. The minimum Gasteiger partial charge on any atom is -0.317 e. The fourth-order valence-corrected chi connectivity index (χ4v) is 2.81. The van der Waals surface area contributed by atoms with E-state index in [4.69, 9.17) is 0 Å². The van der Waals surface area contributed by atoms with Gasteiger partial charge in [0.2, 0.25) is 0 Å². The lowest BCUT2D eigenvalue weighted by Crippen LogP contribution is -2.27. The first kappa shape index (κ1) is 12.0. The lowest BCUT2D eigenvalue weighted by atomic mass is 9.84. The Morgan fingerprint density at radius 1 is 1.00 bits per heavy atom. The first-order valence-electron chi connectivity index (χ1n) is 6.59. The van der Waals surface area contributed by atoms with Gasteiger partial charge < -0.3 is 5.32 Å². The molecule has 0 heterocycles. The first-order chi connectivity index (χ1) is 6.88. The van der Waals surface area contributed by atoms with E-state index in [-0.39, 0.29) is 0 Å². The van der Waals surface area contributed by atoms with E-state index in [9.17, 15) is 0 Å². The summed E-state index contributed by atoms with van der Waals surface area (Å²) in [5, 5.41) is 3.53. The van der Waals surface area contributed by atoms with Crippen LogP contribution in [-0.4, -0.2) is 13.1 Å². The van der Waals surface area contributed by atoms with Gasteiger partial charge in [0, 0.05) is 0 Å². The SMILES string of the molecule is CCCC1CCCCCC1CNCC. The molecule has 1 saturated carbocycles. The van der Waals surface area contributed by atoms with Gasteiger partial charge in [-0.15, -0.1) is 0 Å². The highest BCUT2D eigenvalue weighted by molar-refractivity contribution is 4.75. The lowest BCUT2D eigenvalue weighted by Gasteiger charge is -2.24. The molecule has 1 nitrogen and oxygen atoms in total. The van der Waals surface area contributed by atoms with E-state index in [0.29, 0.717) is 0 Å². The van der Waals surface area contributed by atoms with Gasteiger partial charge in [0.15, 0.2) is 0 Å². The van der Waals surface area contributed by atoms with Crippen LogP contribution in [0.25, 0.3) is 0 Å². The molecule has 1 rings (SSSR count). The van der Waals surface area contributed by atoms with Gasteiger partial charge in [0.05, 0.1) is 0 Å². The monoisotopic (exact) mass is 197 g/mol. The van der Waals surface area contributed by atoms with Crippen LogP contribution in [0.15, 0.2) is 0 Å². The second kappa shape index (κ2) is 7.28. The van der Waals surface area contributed by atoms with E-state index in [0.717, 1.165) is 18.4 Å². The highest BCUT2D eigenvalue weighted by atomic mass is 14.8. The van der Waals surface area contributed by atoms with Crippen molar-refractivity contribution in [1.82, 2.24) is 5.32 Å². The second-order valence-electron chi connectivity index (χ2n) is 4.75. The molecule has 1 heteroatoms. The van der Waals surface area contributed by atoms with Crippen molar-refractivity contribution in [3.63, 3.8) is 0 Å². The quantitative estimate of drug-likeness (QED) is 0.664. The summed E-state index contributed by atoms with van der Waals surface area (Å²) >= 11 is 0. The van der Waals surface area contributed by atoms with Crippen LogP contribution >= 0.6 is 0 Å². The largest absolute Gasteiger partial charge is 0.317 e. The van der Waals surface area contributed by atoms with Crippen LogP contribution < -0.4 is 5.32 Å². The zero-order valence-electron chi connectivity index (χ0n) is 10.0. The number of rotatable bonds is 5. The molecular weight excluding hydrogens is 170 g/mol. The van der Waals surface area contributed by atoms with Crippen molar-refractivity contribution in [3.05, 3.63) is 0 Å². The van der Waals surface area contributed by atoms with Gasteiger partial charge in [-0.3, -0.25) is 0 Å². The minimum atomic E-state index is 0.970. The third-order valence-electron chi connectivity index (χ3n) is 3.63. The van der Waals surface area contributed by atoms with Gasteiger partial charge in [-0.1, -0.05) is 52.4 Å². The summed E-state index contributed by atoms with van der Waals surface area (Å²) in [6, 6.07) is 0. The molecule has 1 aliphatic carbocycles. The molecule has 2 unspecified atom stereocenters. The van der Waals surface area contributed by atoms with Crippen LogP contribution in [0.5, 0.6) is 0 Å². The van der Waals surface area contributed by atoms with E-state index in [1.54, 1.807) is 0 Å². The van der Waals surface area contributed by atoms with E-state index in [1.165, 1.54) is 51.5 Å². The van der Waals surface area contributed by atoms with Gasteiger partial charge in [-0.2, -0.15) is 0 Å². The maximum atomic E-state index is 3.53. The van der Waals surface area contributed by atoms with Gasteiger partial charge in [0.25, 0.3) is 0 Å². The summed E-state index contributed by atoms with van der Waals surface area (Å²) in [6.07, 6.45) is 10.2. The van der Waals surface area contributed by atoms with Crippen LogP contribution in [0.1, 0.15) is 58.8 Å². The van der Waals surface area contributed by atoms with Crippen LogP contribution in [0.3, 0.4) is 0 Å². The van der Waals surface area contributed by atoms with Gasteiger partial charge in [-0.25, -0.2) is 0 Å². The van der Waals surface area contributed by atoms with Crippen LogP contribution in [0, 0.1) is 11.8 Å². The summed E-state index contributed by atoms with van der Waals surface area (Å²) in [4.78, 5) is 0. The van der Waals surface area contributed by atoms with Crippen molar-refractivity contribution >= 4 is 0 Å². The summed E-state index contributed by atoms with van der Waals surface area (Å²) in [5.41, 5.74) is 0. The van der Waals surface area contributed by atoms with Crippen molar-refractivity contribution in [2.75, 3.05) is 13.1 Å². The molecule has 0 aliphatic heterocycles. The van der Waals surface area contributed by atoms with Crippen molar-refractivity contribution in [1.29, 1.82) is 0 Å². The summed E-state index contributed by atoms with van der Waals surface area (Å²) in [5.74, 6) is 1.99. The second-order valence-corrected chi connectivity index (χ2v) is 4.75. The highest BCUT2D eigenvalue weighted by Gasteiger charge is 2.22. The topological polar surface area (TPSA) is 12.0 Å². The Morgan fingerprint density at radius 3 is 2.36 bits per heavy atom. The molecule has 1 fully saturated rings. The zero-order chi connectivity index (χ0) is 10.2. The average molecular weight is 197 g/mol. The molecule has 2 atom stereocenters. The molecule has 0 aromatic heterocycles. The van der Waals surface area contributed by atoms with Crippen molar-refractivity contribution < 1.29 is 0 Å². The predicted octanol–water partition coefficient (Wildman–Crippen LogP) is 3.59. The molecule has 1 aliphatic rings. The molecule has 0 saturated heterocycles. The zero-order valence-corrected chi connectivity index (χ0v) is 10.0.